The average Bonchev–Trinajstić information content (AvgIpc) is 3.25. The fourth-order valence-electron chi connectivity index (χ4n) is 3.92. The van der Waals surface area contributed by atoms with Crippen molar-refractivity contribution >= 4 is 21.9 Å². The molecule has 0 amide bonds. The summed E-state index contributed by atoms with van der Waals surface area (Å²) < 4.78 is 1.15. The number of hydrogen-bond donors (Lipinski definition) is 1. The van der Waals surface area contributed by atoms with E-state index in [9.17, 15) is 0 Å². The largest absolute Gasteiger partial charge is 0.353 e. The van der Waals surface area contributed by atoms with Crippen LogP contribution in [0.2, 0.25) is 0 Å². The number of hydrogen-bond acceptors (Lipinski definition) is 2. The van der Waals surface area contributed by atoms with Gasteiger partial charge in [0.25, 0.3) is 0 Å². The second kappa shape index (κ2) is 8.54. The molecule has 1 heterocycles. The lowest BCUT2D eigenvalue weighted by atomic mass is 10.1. The third-order valence-electron chi connectivity index (χ3n) is 5.61. The fourth-order valence-corrected chi connectivity index (χ4v) is 4.18. The molecule has 4 nitrogen and oxygen atoms in total. The zero-order chi connectivity index (χ0) is 17.8. The molecule has 2 fully saturated rings. The van der Waals surface area contributed by atoms with Crippen LogP contribution in [0.5, 0.6) is 0 Å². The molecule has 3 atom stereocenters. The Balaban J connectivity index is 1.50. The van der Waals surface area contributed by atoms with E-state index in [-0.39, 0.29) is 0 Å². The Morgan fingerprint density at radius 2 is 2.00 bits per heavy atom. The molecule has 25 heavy (non-hydrogen) atoms. The third kappa shape index (κ3) is 4.76. The highest BCUT2D eigenvalue weighted by Crippen LogP contribution is 2.41. The van der Waals surface area contributed by atoms with E-state index in [1.165, 1.54) is 24.9 Å². The van der Waals surface area contributed by atoms with Gasteiger partial charge in [-0.1, -0.05) is 41.9 Å². The van der Waals surface area contributed by atoms with Crippen LogP contribution >= 0.6 is 15.9 Å². The summed E-state index contributed by atoms with van der Waals surface area (Å²) in [6, 6.07) is 9.27. The number of nitrogens with zero attached hydrogens (tertiary/aromatic N) is 3. The van der Waals surface area contributed by atoms with E-state index in [1.807, 2.05) is 7.05 Å². The topological polar surface area (TPSA) is 30.9 Å². The van der Waals surface area contributed by atoms with Gasteiger partial charge in [0, 0.05) is 43.1 Å². The highest BCUT2D eigenvalue weighted by atomic mass is 79.9. The van der Waals surface area contributed by atoms with Crippen molar-refractivity contribution in [3.05, 3.63) is 34.3 Å². The summed E-state index contributed by atoms with van der Waals surface area (Å²) in [6.45, 7) is 10.3. The summed E-state index contributed by atoms with van der Waals surface area (Å²) in [5.41, 5.74) is 1.43. The van der Waals surface area contributed by atoms with Gasteiger partial charge >= 0.3 is 0 Å². The third-order valence-corrected chi connectivity index (χ3v) is 6.14. The standard InChI is InChI=1S/C20H31BrN4/c1-4-24(5-2)13-15-10-11-25(14-15)20(22-3)23-19-12-18(19)16-6-8-17(21)9-7-16/h6-9,15,18-19H,4-5,10-14H2,1-3H3,(H,22,23). The van der Waals surface area contributed by atoms with Crippen LogP contribution < -0.4 is 5.32 Å². The summed E-state index contributed by atoms with van der Waals surface area (Å²) in [6.07, 6.45) is 2.48. The minimum absolute atomic E-state index is 0.529. The molecule has 1 aromatic rings. The van der Waals surface area contributed by atoms with Crippen LogP contribution in [0.25, 0.3) is 0 Å². The van der Waals surface area contributed by atoms with Crippen LogP contribution in [0, 0.1) is 5.92 Å². The molecule has 1 N–H and O–H groups in total. The molecule has 3 unspecified atom stereocenters. The van der Waals surface area contributed by atoms with Crippen molar-refractivity contribution in [3.8, 4) is 0 Å². The molecular formula is C20H31BrN4. The van der Waals surface area contributed by atoms with E-state index in [0.29, 0.717) is 12.0 Å². The molecule has 138 valence electrons. The summed E-state index contributed by atoms with van der Waals surface area (Å²) in [5.74, 6) is 2.48. The molecular weight excluding hydrogens is 376 g/mol. The second-order valence-corrected chi connectivity index (χ2v) is 8.19. The molecule has 0 spiro atoms. The molecule has 5 heteroatoms. The van der Waals surface area contributed by atoms with Gasteiger partial charge in [-0.15, -0.1) is 0 Å². The molecule has 2 aliphatic rings. The SMILES string of the molecule is CCN(CC)CC1CCN(C(=NC)NC2CC2c2ccc(Br)cc2)C1. The number of rotatable bonds is 6. The second-order valence-electron chi connectivity index (χ2n) is 7.28. The van der Waals surface area contributed by atoms with Crippen LogP contribution in [-0.2, 0) is 0 Å². The van der Waals surface area contributed by atoms with Crippen LogP contribution in [0.15, 0.2) is 33.7 Å². The molecule has 3 rings (SSSR count). The minimum Gasteiger partial charge on any atom is -0.353 e. The Kier molecular flexibility index (Phi) is 6.39. The highest BCUT2D eigenvalue weighted by Gasteiger charge is 2.40. The lowest BCUT2D eigenvalue weighted by Gasteiger charge is -2.24. The van der Waals surface area contributed by atoms with Crippen LogP contribution in [0.3, 0.4) is 0 Å². The number of likely N-dealkylation sites (tertiary alicyclic amines) is 1. The van der Waals surface area contributed by atoms with Gasteiger partial charge in [-0.05, 0) is 49.5 Å². The van der Waals surface area contributed by atoms with Crippen molar-refractivity contribution in [2.45, 2.75) is 38.6 Å². The molecule has 1 aromatic carbocycles. The molecule has 0 aromatic heterocycles. The minimum atomic E-state index is 0.529. The van der Waals surface area contributed by atoms with Crippen molar-refractivity contribution in [1.29, 1.82) is 0 Å². The Hall–Kier alpha value is -1.07. The van der Waals surface area contributed by atoms with E-state index < -0.39 is 0 Å². The van der Waals surface area contributed by atoms with Crippen molar-refractivity contribution in [2.24, 2.45) is 10.9 Å². The first-order valence-corrected chi connectivity index (χ1v) is 10.4. The van der Waals surface area contributed by atoms with E-state index in [2.05, 4.69) is 74.2 Å². The summed E-state index contributed by atoms with van der Waals surface area (Å²) in [4.78, 5) is 9.54. The van der Waals surface area contributed by atoms with Gasteiger partial charge in [0.1, 0.15) is 0 Å². The van der Waals surface area contributed by atoms with Crippen molar-refractivity contribution < 1.29 is 0 Å². The zero-order valence-corrected chi connectivity index (χ0v) is 17.3. The lowest BCUT2D eigenvalue weighted by molar-refractivity contribution is 0.255. The van der Waals surface area contributed by atoms with Gasteiger partial charge in [-0.3, -0.25) is 4.99 Å². The van der Waals surface area contributed by atoms with Crippen LogP contribution in [-0.4, -0.2) is 61.6 Å². The number of nitrogens with one attached hydrogen (secondary N) is 1. The Morgan fingerprint density at radius 3 is 2.64 bits per heavy atom. The number of benzene rings is 1. The maximum absolute atomic E-state index is 4.56. The zero-order valence-electron chi connectivity index (χ0n) is 15.7. The van der Waals surface area contributed by atoms with E-state index in [1.54, 1.807) is 0 Å². The Labute approximate surface area is 160 Å². The number of guanidine groups is 1. The van der Waals surface area contributed by atoms with Crippen molar-refractivity contribution in [3.63, 3.8) is 0 Å². The van der Waals surface area contributed by atoms with Crippen LogP contribution in [0.4, 0.5) is 0 Å². The first kappa shape index (κ1) is 18.7. The fraction of sp³-hybridized carbons (Fsp3) is 0.650. The quantitative estimate of drug-likeness (QED) is 0.578. The van der Waals surface area contributed by atoms with Gasteiger partial charge in [0.2, 0.25) is 0 Å². The Bertz CT molecular complexity index is 582. The predicted octanol–water partition coefficient (Wildman–Crippen LogP) is 3.54. The summed E-state index contributed by atoms with van der Waals surface area (Å²) in [5, 5.41) is 3.70. The van der Waals surface area contributed by atoms with Gasteiger partial charge in [-0.25, -0.2) is 0 Å². The number of halogens is 1. The average molecular weight is 407 g/mol. The molecule has 1 aliphatic carbocycles. The maximum atomic E-state index is 4.56. The molecule has 1 aliphatic heterocycles. The summed E-state index contributed by atoms with van der Waals surface area (Å²) >= 11 is 3.51. The van der Waals surface area contributed by atoms with Gasteiger partial charge in [0.05, 0.1) is 0 Å². The predicted molar refractivity (Wildman–Crippen MR) is 109 cm³/mol. The Morgan fingerprint density at radius 1 is 1.28 bits per heavy atom. The number of aliphatic imine (C=N–C) groups is 1. The van der Waals surface area contributed by atoms with E-state index in [4.69, 9.17) is 0 Å². The highest BCUT2D eigenvalue weighted by molar-refractivity contribution is 9.10. The smallest absolute Gasteiger partial charge is 0.193 e. The molecule has 1 saturated carbocycles. The van der Waals surface area contributed by atoms with Gasteiger partial charge in [0.15, 0.2) is 5.96 Å². The van der Waals surface area contributed by atoms with E-state index in [0.717, 1.165) is 42.5 Å². The molecule has 0 radical (unpaired) electrons. The lowest BCUT2D eigenvalue weighted by Crippen LogP contribution is -2.42. The first-order valence-electron chi connectivity index (χ1n) is 9.60. The van der Waals surface area contributed by atoms with Crippen molar-refractivity contribution in [2.75, 3.05) is 39.8 Å². The summed E-state index contributed by atoms with van der Waals surface area (Å²) in [7, 11) is 1.91. The molecule has 1 saturated heterocycles. The first-order chi connectivity index (χ1) is 12.1. The molecule has 0 bridgehead atoms. The van der Waals surface area contributed by atoms with Gasteiger partial charge in [-0.2, -0.15) is 0 Å². The van der Waals surface area contributed by atoms with Crippen molar-refractivity contribution in [1.82, 2.24) is 15.1 Å². The maximum Gasteiger partial charge on any atom is 0.193 e. The van der Waals surface area contributed by atoms with E-state index >= 15 is 0 Å². The van der Waals surface area contributed by atoms with Crippen LogP contribution in [0.1, 0.15) is 38.2 Å². The monoisotopic (exact) mass is 406 g/mol. The van der Waals surface area contributed by atoms with Gasteiger partial charge < -0.3 is 15.1 Å². The normalized spacial score (nSPS) is 26.4.